The van der Waals surface area contributed by atoms with E-state index in [2.05, 4.69) is 99.1 Å². The third-order valence-corrected chi connectivity index (χ3v) is 26.4. The number of nitrogens with one attached hydrogen (secondary N) is 1. The molecule has 0 unspecified atom stereocenters. The second kappa shape index (κ2) is 17.7. The maximum atomic E-state index is 13.6. The molecule has 1 heterocycles. The van der Waals surface area contributed by atoms with Crippen LogP contribution in [0.15, 0.2) is 12.2 Å². The molecule has 0 aromatic carbocycles. The van der Waals surface area contributed by atoms with Crippen molar-refractivity contribution in [3.8, 4) is 0 Å². The van der Waals surface area contributed by atoms with E-state index in [1.54, 1.807) is 0 Å². The zero-order valence-corrected chi connectivity index (χ0v) is 44.6. The van der Waals surface area contributed by atoms with Gasteiger partial charge in [-0.1, -0.05) is 81.4 Å². The van der Waals surface area contributed by atoms with Crippen LogP contribution in [0.3, 0.4) is 0 Å². The lowest BCUT2D eigenvalue weighted by molar-refractivity contribution is -0.246. The van der Waals surface area contributed by atoms with Crippen LogP contribution in [0, 0.1) is 56.7 Å². The van der Waals surface area contributed by atoms with Gasteiger partial charge in [-0.05, 0) is 154 Å². The Balaban J connectivity index is 1.22. The molecule has 0 amide bonds. The molecule has 12 atom stereocenters. The molecule has 5 saturated carbocycles. The molecular formula is C52H92N2O7SSi. The van der Waals surface area contributed by atoms with E-state index in [4.69, 9.17) is 13.9 Å². The number of hydrogen-bond donors (Lipinski definition) is 1. The second-order valence-corrected chi connectivity index (χ2v) is 32.8. The van der Waals surface area contributed by atoms with Gasteiger partial charge in [-0.25, -0.2) is 8.42 Å². The van der Waals surface area contributed by atoms with E-state index in [0.29, 0.717) is 49.3 Å². The maximum absolute atomic E-state index is 13.6. The van der Waals surface area contributed by atoms with E-state index in [-0.39, 0.29) is 86.8 Å². The SMILES string of the molecule is C=C(C)[C@@H]1CC[C@]2(NC[C@H]([C@@H](C)O[Si](C)(C)C(C)(C)C)N3CCS(=O)(=O)CC3)CC[C@]3(C)[C@H](CC[C@@H]4[C@@]5(C)CC[C@H](OC(=O)CC(C)(C)CC(=O)OCC)C(C)(C)[C@@H]5CC[C@]43C)[C@@H]12. The summed E-state index contributed by atoms with van der Waals surface area (Å²) in [5.74, 6) is 2.63. The number of nitrogens with zero attached hydrogens (tertiary/aromatic N) is 1. The van der Waals surface area contributed by atoms with Gasteiger partial charge in [0.05, 0.1) is 37.1 Å². The molecule has 1 saturated heterocycles. The third kappa shape index (κ3) is 9.47. The van der Waals surface area contributed by atoms with E-state index in [0.717, 1.165) is 38.6 Å². The summed E-state index contributed by atoms with van der Waals surface area (Å²) < 4.78 is 44.1. The highest BCUT2D eigenvalue weighted by molar-refractivity contribution is 7.91. The van der Waals surface area contributed by atoms with Crippen LogP contribution in [-0.4, -0.2) is 95.1 Å². The van der Waals surface area contributed by atoms with Gasteiger partial charge in [0.1, 0.15) is 6.10 Å². The van der Waals surface area contributed by atoms with Crippen LogP contribution in [0.1, 0.15) is 167 Å². The average molecular weight is 917 g/mol. The Labute approximate surface area is 386 Å². The molecule has 6 fully saturated rings. The lowest BCUT2D eigenvalue weighted by Crippen LogP contribution is -2.69. The molecule has 0 spiro atoms. The van der Waals surface area contributed by atoms with Gasteiger partial charge in [0.2, 0.25) is 0 Å². The average Bonchev–Trinajstić information content (AvgIpc) is 3.53. The van der Waals surface area contributed by atoms with Gasteiger partial charge >= 0.3 is 11.9 Å². The molecule has 0 aromatic heterocycles. The summed E-state index contributed by atoms with van der Waals surface area (Å²) in [5, 5.41) is 4.48. The van der Waals surface area contributed by atoms with Crippen LogP contribution in [-0.2, 0) is 33.3 Å². The van der Waals surface area contributed by atoms with Crippen molar-refractivity contribution in [2.75, 3.05) is 37.7 Å². The smallest absolute Gasteiger partial charge is 0.306 e. The Kier molecular flexibility index (Phi) is 14.3. The van der Waals surface area contributed by atoms with Crippen LogP contribution in [0.5, 0.6) is 0 Å². The zero-order valence-electron chi connectivity index (χ0n) is 42.8. The molecule has 1 N–H and O–H groups in total. The first-order valence-corrected chi connectivity index (χ1v) is 30.0. The van der Waals surface area contributed by atoms with Gasteiger partial charge in [-0.3, -0.25) is 14.5 Å². The Bertz CT molecular complexity index is 1810. The van der Waals surface area contributed by atoms with Crippen molar-refractivity contribution in [3.05, 3.63) is 12.2 Å². The molecule has 5 aliphatic carbocycles. The van der Waals surface area contributed by atoms with Gasteiger partial charge in [-0.2, -0.15) is 0 Å². The van der Waals surface area contributed by atoms with Crippen molar-refractivity contribution in [2.45, 2.75) is 209 Å². The third-order valence-electron chi connectivity index (χ3n) is 20.2. The van der Waals surface area contributed by atoms with Crippen molar-refractivity contribution in [2.24, 2.45) is 56.7 Å². The fourth-order valence-electron chi connectivity index (χ4n) is 15.6. The number of sulfone groups is 1. The fraction of sp³-hybridized carbons (Fsp3) is 0.923. The van der Waals surface area contributed by atoms with E-state index < -0.39 is 23.6 Å². The Morgan fingerprint density at radius 1 is 0.841 bits per heavy atom. The first-order valence-electron chi connectivity index (χ1n) is 25.3. The molecule has 0 radical (unpaired) electrons. The quantitative estimate of drug-likeness (QED) is 0.103. The Morgan fingerprint density at radius 3 is 2.08 bits per heavy atom. The van der Waals surface area contributed by atoms with Gasteiger partial charge in [0.15, 0.2) is 18.2 Å². The predicted octanol–water partition coefficient (Wildman–Crippen LogP) is 10.8. The number of esters is 2. The molecular weight excluding hydrogens is 825 g/mol. The van der Waals surface area contributed by atoms with Gasteiger partial charge in [-0.15, -0.1) is 0 Å². The van der Waals surface area contributed by atoms with E-state index >= 15 is 0 Å². The van der Waals surface area contributed by atoms with Crippen molar-refractivity contribution in [1.29, 1.82) is 0 Å². The normalized spacial score (nSPS) is 38.8. The Morgan fingerprint density at radius 2 is 1.48 bits per heavy atom. The maximum Gasteiger partial charge on any atom is 0.306 e. The van der Waals surface area contributed by atoms with E-state index in [1.807, 2.05) is 20.8 Å². The highest BCUT2D eigenvalue weighted by Crippen LogP contribution is 2.76. The number of carbonyl (C=O) groups excluding carboxylic acids is 2. The molecule has 0 bridgehead atoms. The highest BCUT2D eigenvalue weighted by Gasteiger charge is 2.71. The van der Waals surface area contributed by atoms with E-state index in [1.165, 1.54) is 37.7 Å². The molecule has 0 aromatic rings. The fourth-order valence-corrected chi connectivity index (χ4v) is 18.2. The van der Waals surface area contributed by atoms with Crippen LogP contribution >= 0.6 is 0 Å². The second-order valence-electron chi connectivity index (χ2n) is 25.7. The molecule has 1 aliphatic heterocycles. The van der Waals surface area contributed by atoms with Crippen LogP contribution in [0.25, 0.3) is 0 Å². The minimum absolute atomic E-state index is 0.0162. The topological polar surface area (TPSA) is 111 Å². The predicted molar refractivity (Wildman–Crippen MR) is 259 cm³/mol. The number of allylic oxidation sites excluding steroid dienone is 1. The summed E-state index contributed by atoms with van der Waals surface area (Å²) >= 11 is 0. The Hall–Kier alpha value is -1.27. The molecule has 9 nitrogen and oxygen atoms in total. The van der Waals surface area contributed by atoms with Crippen molar-refractivity contribution in [1.82, 2.24) is 10.2 Å². The van der Waals surface area contributed by atoms with Crippen LogP contribution in [0.4, 0.5) is 0 Å². The van der Waals surface area contributed by atoms with Crippen molar-refractivity contribution >= 4 is 30.1 Å². The summed E-state index contributed by atoms with van der Waals surface area (Å²) in [4.78, 5) is 28.3. The summed E-state index contributed by atoms with van der Waals surface area (Å²) in [6.45, 7) is 41.6. The first-order chi connectivity index (χ1) is 28.9. The standard InChI is InChI=1S/C52H92N2O7SSi/c1-17-59-43(55)32-47(8,9)33-44(56)60-42-22-23-49(12)40(48(42,10)11)21-24-51(14)41(49)19-18-38-45-37(35(2)3)20-25-52(45,27-26-50(38,51)13)53-34-39(54-28-30-62(57,58)31-29-54)36(4)61-63(15,16)46(5,6)7/h36-42,45,53H,2,17-34H2,1,3-16H3/t36-,37+,38-,39-,40+,41-,42+,45-,49+,50-,51-,52+/m1/s1. The van der Waals surface area contributed by atoms with E-state index in [9.17, 15) is 18.0 Å². The molecule has 6 aliphatic rings. The summed E-state index contributed by atoms with van der Waals surface area (Å²) in [5.41, 5.74) is 1.21. The minimum Gasteiger partial charge on any atom is -0.466 e. The van der Waals surface area contributed by atoms with Crippen LogP contribution < -0.4 is 5.32 Å². The van der Waals surface area contributed by atoms with Gasteiger partial charge in [0, 0.05) is 36.6 Å². The zero-order chi connectivity index (χ0) is 47.0. The van der Waals surface area contributed by atoms with Crippen molar-refractivity contribution < 1.29 is 31.9 Å². The number of ether oxygens (including phenoxy) is 2. The first kappa shape index (κ1) is 51.1. The lowest BCUT2D eigenvalue weighted by atomic mass is 9.32. The van der Waals surface area contributed by atoms with Crippen molar-refractivity contribution in [3.63, 3.8) is 0 Å². The number of rotatable bonds is 14. The molecule has 11 heteroatoms. The largest absolute Gasteiger partial charge is 0.466 e. The molecule has 63 heavy (non-hydrogen) atoms. The number of carbonyl (C=O) groups is 2. The summed E-state index contributed by atoms with van der Waals surface area (Å²) in [7, 11) is -5.09. The van der Waals surface area contributed by atoms with Crippen LogP contribution in [0.2, 0.25) is 18.1 Å². The molecule has 362 valence electrons. The monoisotopic (exact) mass is 917 g/mol. The van der Waals surface area contributed by atoms with Gasteiger partial charge in [0.25, 0.3) is 0 Å². The van der Waals surface area contributed by atoms with Gasteiger partial charge < -0.3 is 19.2 Å². The summed E-state index contributed by atoms with van der Waals surface area (Å²) in [6, 6.07) is 0.0964. The summed E-state index contributed by atoms with van der Waals surface area (Å²) in [6.07, 6.45) is 11.8. The number of fused-ring (bicyclic) bond motifs is 7. The lowest BCUT2D eigenvalue weighted by Gasteiger charge is -2.73. The minimum atomic E-state index is -3.01. The highest BCUT2D eigenvalue weighted by atomic mass is 32.2. The molecule has 6 rings (SSSR count). The number of hydrogen-bond acceptors (Lipinski definition) is 9.